The minimum atomic E-state index is -0.596. The first kappa shape index (κ1) is 19.6. The van der Waals surface area contributed by atoms with Gasteiger partial charge in [-0.25, -0.2) is 0 Å². The zero-order valence-corrected chi connectivity index (χ0v) is 17.9. The van der Waals surface area contributed by atoms with Gasteiger partial charge in [-0.15, -0.1) is 0 Å². The molecule has 2 heterocycles. The van der Waals surface area contributed by atoms with Crippen molar-refractivity contribution < 1.29 is 9.21 Å². The molecule has 1 aliphatic heterocycles. The molecule has 0 saturated carbocycles. The van der Waals surface area contributed by atoms with Gasteiger partial charge in [-0.05, 0) is 42.2 Å². The van der Waals surface area contributed by atoms with E-state index >= 15 is 0 Å². The van der Waals surface area contributed by atoms with Crippen LogP contribution >= 0.6 is 0 Å². The summed E-state index contributed by atoms with van der Waals surface area (Å²) in [4.78, 5) is 27.1. The molecule has 0 saturated heterocycles. The van der Waals surface area contributed by atoms with E-state index in [-0.39, 0.29) is 17.1 Å². The maximum Gasteiger partial charge on any atom is 0.198 e. The summed E-state index contributed by atoms with van der Waals surface area (Å²) < 4.78 is 5.82. The van der Waals surface area contributed by atoms with Crippen molar-refractivity contribution in [3.63, 3.8) is 0 Å². The maximum absolute atomic E-state index is 13.6. The second-order valence-electron chi connectivity index (χ2n) is 8.60. The summed E-state index contributed by atoms with van der Waals surface area (Å²) in [5.74, 6) is 0.124. The molecule has 3 aromatic carbocycles. The van der Waals surface area contributed by atoms with Crippen LogP contribution in [0.15, 0.2) is 106 Å². The molecule has 162 valence electrons. The highest BCUT2D eigenvalue weighted by molar-refractivity contribution is 6.01. The van der Waals surface area contributed by atoms with Gasteiger partial charge in [0, 0.05) is 17.7 Å². The van der Waals surface area contributed by atoms with Gasteiger partial charge in [0.15, 0.2) is 11.2 Å². The third-order valence-corrected chi connectivity index (χ3v) is 6.60. The van der Waals surface area contributed by atoms with Crippen LogP contribution in [0.25, 0.3) is 11.0 Å². The van der Waals surface area contributed by atoms with Gasteiger partial charge in [-0.1, -0.05) is 54.6 Å². The normalized spacial score (nSPS) is 19.8. The Hall–Kier alpha value is -4.12. The highest BCUT2D eigenvalue weighted by atomic mass is 16.3. The van der Waals surface area contributed by atoms with E-state index in [0.29, 0.717) is 34.9 Å². The number of nitrogens with one attached hydrogen (secondary N) is 2. The largest absolute Gasteiger partial charge is 0.464 e. The Morgan fingerprint density at radius 3 is 2.36 bits per heavy atom. The Morgan fingerprint density at radius 2 is 1.52 bits per heavy atom. The molecule has 1 aromatic heterocycles. The first-order valence-electron chi connectivity index (χ1n) is 11.1. The molecular weight excluding hydrogens is 412 g/mol. The number of benzene rings is 3. The summed E-state index contributed by atoms with van der Waals surface area (Å²) in [6, 6.07) is 24.6. The van der Waals surface area contributed by atoms with E-state index in [2.05, 4.69) is 22.8 Å². The molecule has 4 aromatic rings. The third kappa shape index (κ3) is 3.33. The fourth-order valence-electron chi connectivity index (χ4n) is 4.98. The van der Waals surface area contributed by atoms with Crippen molar-refractivity contribution in [2.45, 2.75) is 24.8 Å². The fraction of sp³-hybridized carbons (Fsp3) is 0.143. The van der Waals surface area contributed by atoms with E-state index in [0.717, 1.165) is 22.6 Å². The van der Waals surface area contributed by atoms with Crippen LogP contribution < -0.4 is 16.1 Å². The van der Waals surface area contributed by atoms with Crippen molar-refractivity contribution in [3.8, 4) is 0 Å². The average Bonchev–Trinajstić information content (AvgIpc) is 3.02. The maximum atomic E-state index is 13.6. The van der Waals surface area contributed by atoms with Crippen LogP contribution in [-0.4, -0.2) is 5.78 Å². The van der Waals surface area contributed by atoms with Crippen molar-refractivity contribution >= 4 is 28.1 Å². The molecule has 5 heteroatoms. The van der Waals surface area contributed by atoms with Crippen molar-refractivity contribution in [2.24, 2.45) is 0 Å². The van der Waals surface area contributed by atoms with Crippen molar-refractivity contribution in [1.29, 1.82) is 0 Å². The van der Waals surface area contributed by atoms with Gasteiger partial charge in [0.2, 0.25) is 0 Å². The zero-order chi connectivity index (χ0) is 22.4. The lowest BCUT2D eigenvalue weighted by Gasteiger charge is -2.29. The number of carbonyl (C=O) groups is 1. The van der Waals surface area contributed by atoms with Crippen LogP contribution in [-0.2, 0) is 4.79 Å². The Labute approximate surface area is 190 Å². The number of hydrogen-bond donors (Lipinski definition) is 2. The van der Waals surface area contributed by atoms with Crippen LogP contribution in [0.3, 0.4) is 0 Å². The Bertz CT molecular complexity index is 1470. The van der Waals surface area contributed by atoms with E-state index in [4.69, 9.17) is 4.42 Å². The molecule has 2 unspecified atom stereocenters. The molecule has 2 N–H and O–H groups in total. The summed E-state index contributed by atoms with van der Waals surface area (Å²) in [6.07, 6.45) is 2.59. The lowest BCUT2D eigenvalue weighted by Crippen LogP contribution is -2.29. The van der Waals surface area contributed by atoms with Gasteiger partial charge in [-0.3, -0.25) is 9.59 Å². The highest BCUT2D eigenvalue weighted by Gasteiger charge is 2.37. The number of anilines is 2. The predicted octanol–water partition coefficient (Wildman–Crippen LogP) is 5.77. The molecule has 2 aliphatic rings. The number of rotatable bonds is 2. The molecular formula is C28H22N2O3. The van der Waals surface area contributed by atoms with Crippen molar-refractivity contribution in [1.82, 2.24) is 0 Å². The average molecular weight is 434 g/mol. The fourth-order valence-corrected chi connectivity index (χ4v) is 4.98. The second kappa shape index (κ2) is 7.78. The number of fused-ring (bicyclic) bond motifs is 2. The SMILES string of the molecule is O=C1CC(c2ccccc2)CC2=C1C(c1coc3ccccc3c1=O)Nc1ccccc1N2. The quantitative estimate of drug-likeness (QED) is 0.419. The molecule has 1 aliphatic carbocycles. The van der Waals surface area contributed by atoms with Crippen LogP contribution in [0.2, 0.25) is 0 Å². The summed E-state index contributed by atoms with van der Waals surface area (Å²) >= 11 is 0. The number of Topliss-reactive ketones (excluding diaryl/α,β-unsaturated/α-hetero) is 1. The molecule has 2 atom stereocenters. The van der Waals surface area contributed by atoms with Crippen LogP contribution in [0, 0.1) is 0 Å². The van der Waals surface area contributed by atoms with Gasteiger partial charge in [0.1, 0.15) is 11.8 Å². The Morgan fingerprint density at radius 1 is 0.788 bits per heavy atom. The van der Waals surface area contributed by atoms with Crippen LogP contribution in [0.4, 0.5) is 11.4 Å². The number of hydrogen-bond acceptors (Lipinski definition) is 5. The van der Waals surface area contributed by atoms with Crippen molar-refractivity contribution in [2.75, 3.05) is 10.6 Å². The summed E-state index contributed by atoms with van der Waals surface area (Å²) in [7, 11) is 0. The summed E-state index contributed by atoms with van der Waals surface area (Å²) in [5, 5.41) is 7.49. The third-order valence-electron chi connectivity index (χ3n) is 6.60. The molecule has 5 nitrogen and oxygen atoms in total. The van der Waals surface area contributed by atoms with E-state index in [1.54, 1.807) is 12.1 Å². The molecule has 33 heavy (non-hydrogen) atoms. The molecule has 0 amide bonds. The van der Waals surface area contributed by atoms with E-state index in [1.807, 2.05) is 54.6 Å². The number of ketones is 1. The molecule has 6 rings (SSSR count). The minimum absolute atomic E-state index is 0.0375. The lowest BCUT2D eigenvalue weighted by molar-refractivity contribution is -0.116. The van der Waals surface area contributed by atoms with Crippen molar-refractivity contribution in [3.05, 3.63) is 118 Å². The van der Waals surface area contributed by atoms with Gasteiger partial charge in [0.05, 0.1) is 28.4 Å². The molecule has 0 spiro atoms. The lowest BCUT2D eigenvalue weighted by atomic mass is 9.78. The van der Waals surface area contributed by atoms with E-state index in [1.165, 1.54) is 6.26 Å². The first-order chi connectivity index (χ1) is 16.2. The molecule has 0 fully saturated rings. The predicted molar refractivity (Wildman–Crippen MR) is 129 cm³/mol. The van der Waals surface area contributed by atoms with Gasteiger partial charge in [0.25, 0.3) is 0 Å². The zero-order valence-electron chi connectivity index (χ0n) is 17.9. The second-order valence-corrected chi connectivity index (χ2v) is 8.60. The smallest absolute Gasteiger partial charge is 0.198 e. The van der Waals surface area contributed by atoms with E-state index in [9.17, 15) is 9.59 Å². The Kier molecular flexibility index (Phi) is 4.61. The number of allylic oxidation sites excluding steroid dienone is 1. The Balaban J connectivity index is 1.52. The minimum Gasteiger partial charge on any atom is -0.464 e. The standard InChI is InChI=1S/C28H22N2O3/c31-24-15-18(17-8-2-1-3-9-17)14-23-26(24)27(30-22-12-6-5-11-21(22)29-23)20-16-33-25-13-7-4-10-19(25)28(20)32/h1-13,16,18,27,29-30H,14-15H2. The van der Waals surface area contributed by atoms with Gasteiger partial charge in [-0.2, -0.15) is 0 Å². The number of carbonyl (C=O) groups excluding carboxylic acids is 1. The molecule has 0 radical (unpaired) electrons. The first-order valence-corrected chi connectivity index (χ1v) is 11.1. The summed E-state index contributed by atoms with van der Waals surface area (Å²) in [5.41, 5.74) is 5.19. The monoisotopic (exact) mass is 434 g/mol. The topological polar surface area (TPSA) is 71.3 Å². The number of para-hydroxylation sites is 3. The van der Waals surface area contributed by atoms with Gasteiger partial charge >= 0.3 is 0 Å². The molecule has 0 bridgehead atoms. The van der Waals surface area contributed by atoms with Crippen LogP contribution in [0.5, 0.6) is 0 Å². The van der Waals surface area contributed by atoms with Gasteiger partial charge < -0.3 is 15.1 Å². The van der Waals surface area contributed by atoms with Crippen LogP contribution in [0.1, 0.15) is 35.9 Å². The summed E-state index contributed by atoms with van der Waals surface area (Å²) in [6.45, 7) is 0. The van der Waals surface area contributed by atoms with E-state index < -0.39 is 6.04 Å². The highest BCUT2D eigenvalue weighted by Crippen LogP contribution is 2.43.